The third kappa shape index (κ3) is 4.53. The number of methoxy groups -OCH3 is 2. The SMILES string of the molecule is COc1ccc(/C=C/C(=O)C2CCC3C4CC=C5C[C@@H](OC(C)=O)CC[C@]5(C)C4CC[C@]23C)c(OC)c1. The molecule has 200 valence electrons. The van der Waals surface area contributed by atoms with Gasteiger partial charge in [-0.25, -0.2) is 0 Å². The van der Waals surface area contributed by atoms with Crippen molar-refractivity contribution in [2.45, 2.75) is 78.2 Å². The van der Waals surface area contributed by atoms with Crippen LogP contribution in [0, 0.1) is 34.5 Å². The quantitative estimate of drug-likeness (QED) is 0.241. The van der Waals surface area contributed by atoms with Gasteiger partial charge in [0.1, 0.15) is 17.6 Å². The van der Waals surface area contributed by atoms with Gasteiger partial charge in [0.2, 0.25) is 0 Å². The molecule has 0 amide bonds. The predicted molar refractivity (Wildman–Crippen MR) is 144 cm³/mol. The number of hydrogen-bond donors (Lipinski definition) is 0. The van der Waals surface area contributed by atoms with E-state index in [1.165, 1.54) is 18.9 Å². The second-order valence-corrected chi connectivity index (χ2v) is 12.3. The molecule has 0 aliphatic heterocycles. The summed E-state index contributed by atoms with van der Waals surface area (Å²) >= 11 is 0. The number of carbonyl (C=O) groups is 2. The fraction of sp³-hybridized carbons (Fsp3) is 0.625. The zero-order valence-corrected chi connectivity index (χ0v) is 23.0. The van der Waals surface area contributed by atoms with Gasteiger partial charge in [0.05, 0.1) is 14.2 Å². The van der Waals surface area contributed by atoms with Crippen LogP contribution in [0.25, 0.3) is 6.08 Å². The molecule has 1 aromatic carbocycles. The molecule has 3 saturated carbocycles. The van der Waals surface area contributed by atoms with Crippen molar-refractivity contribution in [2.24, 2.45) is 34.5 Å². The van der Waals surface area contributed by atoms with Gasteiger partial charge >= 0.3 is 5.97 Å². The number of hydrogen-bond acceptors (Lipinski definition) is 5. The highest BCUT2D eigenvalue weighted by molar-refractivity contribution is 5.96. The molecule has 0 aromatic heterocycles. The van der Waals surface area contributed by atoms with Crippen LogP contribution in [-0.4, -0.2) is 32.1 Å². The average Bonchev–Trinajstić information content (AvgIpc) is 3.24. The van der Waals surface area contributed by atoms with E-state index >= 15 is 0 Å². The number of ketones is 1. The van der Waals surface area contributed by atoms with Crippen LogP contribution >= 0.6 is 0 Å². The van der Waals surface area contributed by atoms with E-state index in [1.54, 1.807) is 20.3 Å². The Morgan fingerprint density at radius 3 is 2.54 bits per heavy atom. The lowest BCUT2D eigenvalue weighted by Crippen LogP contribution is -2.51. The number of esters is 1. The van der Waals surface area contributed by atoms with Crippen LogP contribution in [0.4, 0.5) is 0 Å². The first-order valence-corrected chi connectivity index (χ1v) is 14.0. The molecule has 5 nitrogen and oxygen atoms in total. The fourth-order valence-electron chi connectivity index (χ4n) is 8.67. The first-order valence-electron chi connectivity index (χ1n) is 14.0. The highest BCUT2D eigenvalue weighted by Crippen LogP contribution is 2.66. The summed E-state index contributed by atoms with van der Waals surface area (Å²) in [6, 6.07) is 5.68. The van der Waals surface area contributed by atoms with Gasteiger partial charge in [-0.3, -0.25) is 9.59 Å². The van der Waals surface area contributed by atoms with E-state index in [4.69, 9.17) is 14.2 Å². The average molecular weight is 507 g/mol. The number of allylic oxidation sites excluding steroid dienone is 2. The molecule has 5 heteroatoms. The molecule has 1 aromatic rings. The topological polar surface area (TPSA) is 61.8 Å². The minimum Gasteiger partial charge on any atom is -0.497 e. The maximum atomic E-state index is 13.6. The molecule has 3 fully saturated rings. The van der Waals surface area contributed by atoms with Crippen LogP contribution < -0.4 is 9.47 Å². The van der Waals surface area contributed by atoms with Crippen molar-refractivity contribution in [2.75, 3.05) is 14.2 Å². The van der Waals surface area contributed by atoms with Crippen molar-refractivity contribution < 1.29 is 23.8 Å². The molecule has 0 bridgehead atoms. The second kappa shape index (κ2) is 9.96. The van der Waals surface area contributed by atoms with Gasteiger partial charge < -0.3 is 14.2 Å². The summed E-state index contributed by atoms with van der Waals surface area (Å²) < 4.78 is 16.4. The third-order valence-electron chi connectivity index (χ3n) is 10.6. The van der Waals surface area contributed by atoms with Crippen LogP contribution in [0.3, 0.4) is 0 Å². The molecule has 5 rings (SSSR count). The molecular weight excluding hydrogens is 464 g/mol. The Labute approximate surface area is 221 Å². The van der Waals surface area contributed by atoms with Crippen LogP contribution in [0.1, 0.15) is 77.7 Å². The van der Waals surface area contributed by atoms with Crippen molar-refractivity contribution in [3.63, 3.8) is 0 Å². The fourth-order valence-corrected chi connectivity index (χ4v) is 8.67. The van der Waals surface area contributed by atoms with E-state index < -0.39 is 0 Å². The molecule has 0 heterocycles. The molecule has 4 unspecified atom stereocenters. The zero-order chi connectivity index (χ0) is 26.4. The van der Waals surface area contributed by atoms with Crippen molar-refractivity contribution in [1.29, 1.82) is 0 Å². The summed E-state index contributed by atoms with van der Waals surface area (Å²) in [7, 11) is 3.28. The molecule has 0 saturated heterocycles. The number of fused-ring (bicyclic) bond motifs is 5. The van der Waals surface area contributed by atoms with Gasteiger partial charge in [-0.1, -0.05) is 25.5 Å². The summed E-state index contributed by atoms with van der Waals surface area (Å²) in [6.07, 6.45) is 14.7. The predicted octanol–water partition coefficient (Wildman–Crippen LogP) is 6.80. The molecule has 0 radical (unpaired) electrons. The number of carbonyl (C=O) groups excluding carboxylic acids is 2. The maximum absolute atomic E-state index is 13.6. The Kier molecular flexibility index (Phi) is 7.02. The Morgan fingerprint density at radius 1 is 1.00 bits per heavy atom. The third-order valence-corrected chi connectivity index (χ3v) is 10.6. The summed E-state index contributed by atoms with van der Waals surface area (Å²) in [4.78, 5) is 25.1. The Bertz CT molecular complexity index is 1120. The Morgan fingerprint density at radius 2 is 1.81 bits per heavy atom. The van der Waals surface area contributed by atoms with Crippen LogP contribution in [0.2, 0.25) is 0 Å². The normalized spacial score (nSPS) is 36.7. The largest absolute Gasteiger partial charge is 0.497 e. The van der Waals surface area contributed by atoms with E-state index in [0.29, 0.717) is 23.5 Å². The van der Waals surface area contributed by atoms with Gasteiger partial charge in [0.25, 0.3) is 0 Å². The highest BCUT2D eigenvalue weighted by atomic mass is 16.5. The Hall–Kier alpha value is -2.56. The first-order chi connectivity index (χ1) is 17.7. The number of benzene rings is 1. The first kappa shape index (κ1) is 26.1. The molecule has 37 heavy (non-hydrogen) atoms. The standard InChI is InChI=1S/C32H42O5/c1-20(33)37-24-14-16-31(2)22(18-24)8-10-25-26-11-12-28(32(26,3)17-15-27(25)31)29(34)13-7-21-6-9-23(35-4)19-30(21)36-5/h6-9,13,19,24-28H,10-12,14-18H2,1-5H3/b13-7+/t24-,25?,26?,27?,28?,31-,32-/m0/s1. The van der Waals surface area contributed by atoms with E-state index in [1.807, 2.05) is 24.3 Å². The van der Waals surface area contributed by atoms with Gasteiger partial charge in [0.15, 0.2) is 5.78 Å². The lowest BCUT2D eigenvalue weighted by molar-refractivity contribution is -0.149. The summed E-state index contributed by atoms with van der Waals surface area (Å²) in [6.45, 7) is 6.37. The van der Waals surface area contributed by atoms with Crippen molar-refractivity contribution in [3.05, 3.63) is 41.5 Å². The lowest BCUT2D eigenvalue weighted by Gasteiger charge is -2.58. The molecule has 0 spiro atoms. The van der Waals surface area contributed by atoms with E-state index in [0.717, 1.165) is 56.3 Å². The minimum absolute atomic E-state index is 0.0341. The zero-order valence-electron chi connectivity index (χ0n) is 23.0. The molecule has 7 atom stereocenters. The van der Waals surface area contributed by atoms with Crippen molar-refractivity contribution in [3.8, 4) is 11.5 Å². The van der Waals surface area contributed by atoms with Gasteiger partial charge in [-0.2, -0.15) is 0 Å². The van der Waals surface area contributed by atoms with Crippen LogP contribution in [-0.2, 0) is 14.3 Å². The molecule has 0 N–H and O–H groups in total. The lowest BCUT2D eigenvalue weighted by atomic mass is 9.47. The summed E-state index contributed by atoms with van der Waals surface area (Å²) in [5.41, 5.74) is 2.66. The smallest absolute Gasteiger partial charge is 0.302 e. The van der Waals surface area contributed by atoms with Gasteiger partial charge in [-0.15, -0.1) is 0 Å². The van der Waals surface area contributed by atoms with Crippen molar-refractivity contribution >= 4 is 17.8 Å². The van der Waals surface area contributed by atoms with E-state index in [-0.39, 0.29) is 34.6 Å². The van der Waals surface area contributed by atoms with Crippen LogP contribution in [0.15, 0.2) is 35.9 Å². The van der Waals surface area contributed by atoms with E-state index in [2.05, 4.69) is 19.9 Å². The molecule has 4 aliphatic carbocycles. The maximum Gasteiger partial charge on any atom is 0.302 e. The molecule has 4 aliphatic rings. The number of rotatable bonds is 6. The minimum atomic E-state index is -0.169. The van der Waals surface area contributed by atoms with Crippen LogP contribution in [0.5, 0.6) is 11.5 Å². The second-order valence-electron chi connectivity index (χ2n) is 12.3. The number of ether oxygens (including phenoxy) is 3. The molecular formula is C32H42O5. The summed E-state index contributed by atoms with van der Waals surface area (Å²) in [5, 5.41) is 0. The van der Waals surface area contributed by atoms with E-state index in [9.17, 15) is 9.59 Å². The van der Waals surface area contributed by atoms with Crippen molar-refractivity contribution in [1.82, 2.24) is 0 Å². The Balaban J connectivity index is 1.32. The van der Waals surface area contributed by atoms with Gasteiger partial charge in [0, 0.05) is 30.9 Å². The summed E-state index contributed by atoms with van der Waals surface area (Å²) in [5.74, 6) is 3.50. The highest BCUT2D eigenvalue weighted by Gasteiger charge is 2.59. The monoisotopic (exact) mass is 506 g/mol. The van der Waals surface area contributed by atoms with Gasteiger partial charge in [-0.05, 0) is 97.8 Å².